The van der Waals surface area contributed by atoms with Crippen LogP contribution in [0.1, 0.15) is 22.3 Å². The van der Waals surface area contributed by atoms with Crippen LogP contribution in [0.3, 0.4) is 0 Å². The first-order chi connectivity index (χ1) is 14.3. The molecule has 3 heteroatoms. The summed E-state index contributed by atoms with van der Waals surface area (Å²) in [5.41, 5.74) is 5.20. The van der Waals surface area contributed by atoms with E-state index in [0.29, 0.717) is 0 Å². The molecular weight excluding hydrogens is 436 g/mol. The molecule has 4 aromatic rings. The molecule has 0 aliphatic heterocycles. The zero-order valence-electron chi connectivity index (χ0n) is 16.1. The molecule has 29 heavy (non-hydrogen) atoms. The number of hydrogen-bond acceptors (Lipinski definition) is 2. The van der Waals surface area contributed by atoms with E-state index in [1.165, 1.54) is 22.3 Å². The van der Waals surface area contributed by atoms with Crippen molar-refractivity contribution in [3.63, 3.8) is 0 Å². The maximum absolute atomic E-state index is 5.89. The van der Waals surface area contributed by atoms with Crippen LogP contribution in [-0.2, 0) is 37.0 Å². The van der Waals surface area contributed by atoms with Crippen LogP contribution in [0.5, 0.6) is 11.5 Å². The van der Waals surface area contributed by atoms with E-state index in [2.05, 4.69) is 72.8 Å². The molecule has 0 amide bonds. The molecule has 4 rings (SSSR count). The summed E-state index contributed by atoms with van der Waals surface area (Å²) in [6.07, 6.45) is 1.87. The number of benzene rings is 4. The molecule has 0 unspecified atom stereocenters. The first kappa shape index (κ1) is 19.7. The van der Waals surface area contributed by atoms with Crippen molar-refractivity contribution in [3.05, 3.63) is 131 Å². The van der Waals surface area contributed by atoms with Gasteiger partial charge in [-0.15, -0.1) is 0 Å². The Morgan fingerprint density at radius 3 is 1.14 bits per heavy atom. The third-order valence-corrected chi connectivity index (χ3v) is 6.24. The van der Waals surface area contributed by atoms with E-state index >= 15 is 0 Å². The second-order valence-corrected chi connectivity index (χ2v) is 8.31. The number of hydrogen-bond donors (Lipinski definition) is 0. The summed E-state index contributed by atoms with van der Waals surface area (Å²) < 4.78 is 11.8. The first-order valence-corrected chi connectivity index (χ1v) is 11.7. The van der Waals surface area contributed by atoms with Gasteiger partial charge in [0.15, 0.2) is 0 Å². The molecule has 0 atom stereocenters. The van der Waals surface area contributed by atoms with E-state index in [9.17, 15) is 0 Å². The van der Waals surface area contributed by atoms with Crippen molar-refractivity contribution in [3.8, 4) is 11.5 Å². The standard InChI is InChI=1S/2C13H12O.Zr/c2*14-13-8-6-12(7-9-13)10-11-4-2-1-3-5-11;/h2*1-9,14H,10H2;/q;;+2/p-2. The normalized spacial score (nSPS) is 10.3. The molecule has 0 aliphatic rings. The molecule has 0 saturated carbocycles. The molecule has 0 radical (unpaired) electrons. The van der Waals surface area contributed by atoms with Crippen LogP contribution >= 0.6 is 0 Å². The summed E-state index contributed by atoms with van der Waals surface area (Å²) in [6.45, 7) is 0. The summed E-state index contributed by atoms with van der Waals surface area (Å²) in [5, 5.41) is 0. The molecular formula is C26H22O2Zr. The Labute approximate surface area is 185 Å². The molecule has 0 aliphatic carbocycles. The molecule has 0 spiro atoms. The van der Waals surface area contributed by atoms with Crippen molar-refractivity contribution in [2.75, 3.05) is 0 Å². The van der Waals surface area contributed by atoms with Crippen molar-refractivity contribution in [2.24, 2.45) is 0 Å². The minimum atomic E-state index is -1.42. The van der Waals surface area contributed by atoms with Gasteiger partial charge in [0.2, 0.25) is 0 Å². The summed E-state index contributed by atoms with van der Waals surface area (Å²) in [5.74, 6) is 1.77. The van der Waals surface area contributed by atoms with Crippen molar-refractivity contribution in [1.82, 2.24) is 0 Å². The van der Waals surface area contributed by atoms with Gasteiger partial charge in [0.05, 0.1) is 0 Å². The SMILES string of the molecule is c1ccc(Cc2ccc([O][Zr][O]c3ccc(Cc4ccccc4)cc3)cc2)cc1. The molecule has 142 valence electrons. The molecule has 0 heterocycles. The van der Waals surface area contributed by atoms with Gasteiger partial charge in [-0.25, -0.2) is 0 Å². The monoisotopic (exact) mass is 456 g/mol. The van der Waals surface area contributed by atoms with Gasteiger partial charge in [-0.2, -0.15) is 0 Å². The Bertz CT molecular complexity index is 913. The van der Waals surface area contributed by atoms with Crippen LogP contribution in [0, 0.1) is 0 Å². The minimum absolute atomic E-state index is 0.883. The summed E-state index contributed by atoms with van der Waals surface area (Å²) in [4.78, 5) is 0. The molecule has 0 fully saturated rings. The first-order valence-electron chi connectivity index (χ1n) is 9.69. The average Bonchev–Trinajstić information content (AvgIpc) is 2.78. The maximum atomic E-state index is 5.89. The second-order valence-electron chi connectivity index (χ2n) is 6.90. The van der Waals surface area contributed by atoms with Crippen molar-refractivity contribution in [2.45, 2.75) is 12.8 Å². The van der Waals surface area contributed by atoms with Crippen LogP contribution in [0.4, 0.5) is 0 Å². The fraction of sp³-hybridized carbons (Fsp3) is 0.0769. The van der Waals surface area contributed by atoms with Gasteiger partial charge in [-0.1, -0.05) is 0 Å². The van der Waals surface area contributed by atoms with Crippen molar-refractivity contribution >= 4 is 0 Å². The third-order valence-electron chi connectivity index (χ3n) is 4.67. The molecule has 2 nitrogen and oxygen atoms in total. The predicted molar refractivity (Wildman–Crippen MR) is 113 cm³/mol. The van der Waals surface area contributed by atoms with E-state index in [1.807, 2.05) is 36.4 Å². The van der Waals surface area contributed by atoms with Crippen LogP contribution < -0.4 is 5.63 Å². The van der Waals surface area contributed by atoms with Crippen LogP contribution in [0.15, 0.2) is 109 Å². The van der Waals surface area contributed by atoms with Gasteiger partial charge in [0.25, 0.3) is 0 Å². The predicted octanol–water partition coefficient (Wildman–Crippen LogP) is 6.24. The Hall–Kier alpha value is -2.64. The molecule has 0 bridgehead atoms. The molecule has 0 saturated heterocycles. The zero-order valence-corrected chi connectivity index (χ0v) is 18.6. The zero-order chi connectivity index (χ0) is 19.7. The van der Waals surface area contributed by atoms with Crippen molar-refractivity contribution in [1.29, 1.82) is 0 Å². The van der Waals surface area contributed by atoms with E-state index in [-0.39, 0.29) is 0 Å². The van der Waals surface area contributed by atoms with E-state index in [0.717, 1.165) is 24.3 Å². The number of rotatable bonds is 8. The van der Waals surface area contributed by atoms with E-state index in [4.69, 9.17) is 5.63 Å². The molecule has 0 aromatic heterocycles. The van der Waals surface area contributed by atoms with Crippen molar-refractivity contribution < 1.29 is 29.7 Å². The van der Waals surface area contributed by atoms with Gasteiger partial charge in [0, 0.05) is 0 Å². The van der Waals surface area contributed by atoms with Crippen LogP contribution in [0.25, 0.3) is 0 Å². The van der Waals surface area contributed by atoms with Crippen LogP contribution in [-0.4, -0.2) is 0 Å². The third kappa shape index (κ3) is 6.17. The summed E-state index contributed by atoms with van der Waals surface area (Å²) >= 11 is -1.42. The summed E-state index contributed by atoms with van der Waals surface area (Å²) in [7, 11) is 0. The van der Waals surface area contributed by atoms with Gasteiger partial charge in [-0.3, -0.25) is 0 Å². The van der Waals surface area contributed by atoms with Gasteiger partial charge in [0.1, 0.15) is 0 Å². The van der Waals surface area contributed by atoms with E-state index < -0.39 is 24.1 Å². The fourth-order valence-corrected chi connectivity index (χ4v) is 4.38. The Kier molecular flexibility index (Phi) is 6.94. The molecule has 4 aromatic carbocycles. The Morgan fingerprint density at radius 2 is 0.759 bits per heavy atom. The van der Waals surface area contributed by atoms with Gasteiger partial charge in [-0.05, 0) is 0 Å². The second kappa shape index (κ2) is 10.2. The molecule has 0 N–H and O–H groups in total. The Morgan fingerprint density at radius 1 is 0.414 bits per heavy atom. The quantitative estimate of drug-likeness (QED) is 0.312. The Balaban J connectivity index is 1.24. The topological polar surface area (TPSA) is 18.5 Å². The fourth-order valence-electron chi connectivity index (χ4n) is 3.13. The summed E-state index contributed by atoms with van der Waals surface area (Å²) in [6, 6.07) is 37.6. The van der Waals surface area contributed by atoms with E-state index in [1.54, 1.807) is 0 Å². The van der Waals surface area contributed by atoms with Gasteiger partial charge < -0.3 is 0 Å². The van der Waals surface area contributed by atoms with Gasteiger partial charge >= 0.3 is 186 Å². The van der Waals surface area contributed by atoms with Crippen LogP contribution in [0.2, 0.25) is 0 Å². The average molecular weight is 458 g/mol.